The minimum absolute atomic E-state index is 0. The van der Waals surface area contributed by atoms with Crippen LogP contribution in [0.4, 0.5) is 0 Å². The highest BCUT2D eigenvalue weighted by Crippen LogP contribution is 2.44. The summed E-state index contributed by atoms with van der Waals surface area (Å²) in [5.74, 6) is 0.293. The molecule has 3 fully saturated rings. The summed E-state index contributed by atoms with van der Waals surface area (Å²) in [6.45, 7) is 0.490. The van der Waals surface area contributed by atoms with Crippen molar-refractivity contribution in [3.05, 3.63) is 0 Å². The minimum atomic E-state index is -0.275. The zero-order chi connectivity index (χ0) is 12.8. The van der Waals surface area contributed by atoms with E-state index in [0.29, 0.717) is 12.5 Å². The quantitative estimate of drug-likeness (QED) is 0.808. The summed E-state index contributed by atoms with van der Waals surface area (Å²) in [5.41, 5.74) is 5.64. The van der Waals surface area contributed by atoms with Gasteiger partial charge >= 0.3 is 0 Å². The first kappa shape index (κ1) is 15.1. The Morgan fingerprint density at radius 2 is 1.74 bits per heavy atom. The van der Waals surface area contributed by atoms with Gasteiger partial charge in [-0.15, -0.1) is 12.4 Å². The van der Waals surface area contributed by atoms with Crippen molar-refractivity contribution in [1.29, 1.82) is 0 Å². The molecule has 1 saturated carbocycles. The van der Waals surface area contributed by atoms with E-state index in [-0.39, 0.29) is 36.0 Å². The van der Waals surface area contributed by atoms with Crippen LogP contribution in [0, 0.1) is 5.41 Å². The van der Waals surface area contributed by atoms with E-state index in [4.69, 9.17) is 5.73 Å². The molecule has 2 unspecified atom stereocenters. The van der Waals surface area contributed by atoms with Gasteiger partial charge in [-0.05, 0) is 38.5 Å². The Kier molecular flexibility index (Phi) is 4.43. The van der Waals surface area contributed by atoms with E-state index in [1.165, 1.54) is 0 Å². The molecular weight excluding hydrogens is 264 g/mol. The monoisotopic (exact) mass is 288 g/mol. The van der Waals surface area contributed by atoms with Crippen LogP contribution in [0.25, 0.3) is 0 Å². The highest BCUT2D eigenvalue weighted by Gasteiger charge is 2.50. The van der Waals surface area contributed by atoms with Gasteiger partial charge in [0.15, 0.2) is 0 Å². The van der Waals surface area contributed by atoms with Crippen molar-refractivity contribution in [3.63, 3.8) is 0 Å². The second kappa shape index (κ2) is 5.58. The molecule has 0 aromatic heterocycles. The molecule has 3 rings (SSSR count). The molecule has 0 aromatic carbocycles. The summed E-state index contributed by atoms with van der Waals surface area (Å²) in [5, 5.41) is 9.81. The Morgan fingerprint density at radius 1 is 1.21 bits per heavy atom. The third-order valence-corrected chi connectivity index (χ3v) is 5.35. The lowest BCUT2D eigenvalue weighted by atomic mass is 9.83. The van der Waals surface area contributed by atoms with Gasteiger partial charge in [-0.3, -0.25) is 4.79 Å². The van der Waals surface area contributed by atoms with E-state index < -0.39 is 0 Å². The number of aliphatic hydroxyl groups is 1. The van der Waals surface area contributed by atoms with Gasteiger partial charge in [-0.25, -0.2) is 0 Å². The fourth-order valence-corrected chi connectivity index (χ4v) is 4.31. The molecule has 0 aromatic rings. The third-order valence-electron chi connectivity index (χ3n) is 5.35. The van der Waals surface area contributed by atoms with Crippen molar-refractivity contribution in [1.82, 2.24) is 4.90 Å². The van der Waals surface area contributed by atoms with Gasteiger partial charge in [-0.1, -0.05) is 12.8 Å². The van der Waals surface area contributed by atoms with Crippen LogP contribution in [0.3, 0.4) is 0 Å². The Morgan fingerprint density at radius 3 is 2.21 bits per heavy atom. The van der Waals surface area contributed by atoms with E-state index in [2.05, 4.69) is 4.90 Å². The maximum Gasteiger partial charge on any atom is 0.230 e. The lowest BCUT2D eigenvalue weighted by Crippen LogP contribution is -2.54. The van der Waals surface area contributed by atoms with Crippen molar-refractivity contribution >= 4 is 18.3 Å². The standard InChI is InChI=1S/C14H24N2O2.ClH/c15-9-14(5-1-2-6-14)13(18)16-10-3-4-11(16)8-12(17)7-10;/h10-12,17H,1-9,15H2;1H. The number of piperidine rings is 1. The first-order valence-electron chi connectivity index (χ1n) is 7.37. The molecule has 19 heavy (non-hydrogen) atoms. The van der Waals surface area contributed by atoms with Gasteiger partial charge in [0.25, 0.3) is 0 Å². The maximum atomic E-state index is 12.9. The number of aliphatic hydroxyl groups excluding tert-OH is 1. The van der Waals surface area contributed by atoms with Crippen LogP contribution in [0.15, 0.2) is 0 Å². The maximum absolute atomic E-state index is 12.9. The number of hydrogen-bond donors (Lipinski definition) is 2. The van der Waals surface area contributed by atoms with E-state index in [0.717, 1.165) is 51.4 Å². The molecule has 4 nitrogen and oxygen atoms in total. The fourth-order valence-electron chi connectivity index (χ4n) is 4.31. The molecular formula is C14H25ClN2O2. The molecule has 3 aliphatic rings. The van der Waals surface area contributed by atoms with Crippen molar-refractivity contribution in [2.45, 2.75) is 69.6 Å². The number of nitrogens with two attached hydrogens (primary N) is 1. The molecule has 2 atom stereocenters. The summed E-state index contributed by atoms with van der Waals surface area (Å²) >= 11 is 0. The zero-order valence-corrected chi connectivity index (χ0v) is 12.2. The number of rotatable bonds is 2. The van der Waals surface area contributed by atoms with Gasteiger partial charge in [0.2, 0.25) is 5.91 Å². The second-order valence-corrected chi connectivity index (χ2v) is 6.41. The highest BCUT2D eigenvalue weighted by atomic mass is 35.5. The first-order valence-corrected chi connectivity index (χ1v) is 7.37. The molecule has 1 aliphatic carbocycles. The Balaban J connectivity index is 0.00000133. The summed E-state index contributed by atoms with van der Waals surface area (Å²) in [4.78, 5) is 15.0. The molecule has 3 N–H and O–H groups in total. The summed E-state index contributed by atoms with van der Waals surface area (Å²) in [7, 11) is 0. The average molecular weight is 289 g/mol. The molecule has 2 heterocycles. The Labute approximate surface area is 121 Å². The van der Waals surface area contributed by atoms with Crippen molar-refractivity contribution in [2.24, 2.45) is 11.1 Å². The molecule has 2 bridgehead atoms. The number of nitrogens with zero attached hydrogens (tertiary/aromatic N) is 1. The van der Waals surface area contributed by atoms with Crippen LogP contribution < -0.4 is 5.73 Å². The lowest BCUT2D eigenvalue weighted by molar-refractivity contribution is -0.147. The molecule has 2 saturated heterocycles. The van der Waals surface area contributed by atoms with E-state index in [1.54, 1.807) is 0 Å². The first-order chi connectivity index (χ1) is 8.66. The predicted molar refractivity (Wildman–Crippen MR) is 76.1 cm³/mol. The molecule has 110 valence electrons. The van der Waals surface area contributed by atoms with Crippen molar-refractivity contribution < 1.29 is 9.90 Å². The van der Waals surface area contributed by atoms with Gasteiger partial charge in [0, 0.05) is 18.6 Å². The number of halogens is 1. The number of carbonyl (C=O) groups is 1. The van der Waals surface area contributed by atoms with Gasteiger partial charge in [-0.2, -0.15) is 0 Å². The highest BCUT2D eigenvalue weighted by molar-refractivity contribution is 5.85. The van der Waals surface area contributed by atoms with E-state index in [1.807, 2.05) is 0 Å². The van der Waals surface area contributed by atoms with E-state index in [9.17, 15) is 9.90 Å². The normalized spacial score (nSPS) is 36.1. The SMILES string of the molecule is Cl.NCC1(C(=O)N2C3CCC2CC(O)C3)CCCC1. The second-order valence-electron chi connectivity index (χ2n) is 6.41. The Hall–Kier alpha value is -0.320. The summed E-state index contributed by atoms with van der Waals surface area (Å²) in [6.07, 6.45) is 7.64. The molecule has 5 heteroatoms. The summed E-state index contributed by atoms with van der Waals surface area (Å²) in [6, 6.07) is 0.547. The largest absolute Gasteiger partial charge is 0.393 e. The van der Waals surface area contributed by atoms with Gasteiger partial charge in [0.1, 0.15) is 0 Å². The summed E-state index contributed by atoms with van der Waals surface area (Å²) < 4.78 is 0. The van der Waals surface area contributed by atoms with Crippen LogP contribution in [0.1, 0.15) is 51.4 Å². The number of carbonyl (C=O) groups excluding carboxylic acids is 1. The molecule has 2 aliphatic heterocycles. The van der Waals surface area contributed by atoms with E-state index >= 15 is 0 Å². The average Bonchev–Trinajstić information content (AvgIpc) is 2.93. The fraction of sp³-hybridized carbons (Fsp3) is 0.929. The topological polar surface area (TPSA) is 66.6 Å². The van der Waals surface area contributed by atoms with Crippen LogP contribution in [-0.2, 0) is 4.79 Å². The zero-order valence-electron chi connectivity index (χ0n) is 11.4. The molecule has 0 spiro atoms. The predicted octanol–water partition coefficient (Wildman–Crippen LogP) is 1.44. The number of amides is 1. The van der Waals surface area contributed by atoms with Crippen LogP contribution in [0.5, 0.6) is 0 Å². The van der Waals surface area contributed by atoms with Gasteiger partial charge in [0.05, 0.1) is 11.5 Å². The molecule has 0 radical (unpaired) electrons. The van der Waals surface area contributed by atoms with Crippen molar-refractivity contribution in [3.8, 4) is 0 Å². The van der Waals surface area contributed by atoms with Gasteiger partial charge < -0.3 is 15.7 Å². The Bertz CT molecular complexity index is 330. The lowest BCUT2D eigenvalue weighted by Gasteiger charge is -2.42. The van der Waals surface area contributed by atoms with Crippen molar-refractivity contribution in [2.75, 3.05) is 6.54 Å². The molecule has 1 amide bonds. The number of fused-ring (bicyclic) bond motifs is 2. The number of hydrogen-bond acceptors (Lipinski definition) is 3. The third kappa shape index (κ3) is 2.39. The smallest absolute Gasteiger partial charge is 0.230 e. The van der Waals surface area contributed by atoms with Crippen LogP contribution in [0.2, 0.25) is 0 Å². The van der Waals surface area contributed by atoms with Crippen LogP contribution in [-0.4, -0.2) is 40.6 Å². The minimum Gasteiger partial charge on any atom is -0.393 e. The van der Waals surface area contributed by atoms with Crippen LogP contribution >= 0.6 is 12.4 Å².